The Labute approximate surface area is 120 Å². The van der Waals surface area contributed by atoms with E-state index < -0.39 is 18.4 Å². The first-order valence-electron chi connectivity index (χ1n) is 6.45. The van der Waals surface area contributed by atoms with Crippen LogP contribution >= 0.6 is 7.60 Å². The van der Waals surface area contributed by atoms with Gasteiger partial charge in [-0.3, -0.25) is 4.79 Å². The molecule has 5 heteroatoms. The van der Waals surface area contributed by atoms with Crippen LogP contribution < -0.4 is 9.79 Å². The van der Waals surface area contributed by atoms with Crippen molar-refractivity contribution in [3.63, 3.8) is 0 Å². The summed E-state index contributed by atoms with van der Waals surface area (Å²) in [5.74, 6) is 0.602. The molecular weight excluding hydrogens is 275 g/mol. The second-order valence-electron chi connectivity index (χ2n) is 7.11. The van der Waals surface area contributed by atoms with Gasteiger partial charge in [-0.1, -0.05) is 41.5 Å². The average molecular weight is 296 g/mol. The summed E-state index contributed by atoms with van der Waals surface area (Å²) in [4.78, 5) is 34.4. The summed E-state index contributed by atoms with van der Waals surface area (Å²) in [6.07, 6.45) is 3.00. The number of carbonyl (C=O) groups is 1. The molecule has 0 saturated carbocycles. The van der Waals surface area contributed by atoms with E-state index >= 15 is 0 Å². The molecule has 20 heavy (non-hydrogen) atoms. The van der Waals surface area contributed by atoms with E-state index in [1.165, 1.54) is 12.2 Å². The number of allylic oxidation sites excluding steroid dienone is 5. The van der Waals surface area contributed by atoms with E-state index in [9.17, 15) is 19.1 Å². The van der Waals surface area contributed by atoms with Crippen LogP contribution in [0.5, 0.6) is 0 Å². The van der Waals surface area contributed by atoms with E-state index in [0.717, 1.165) is 0 Å². The lowest BCUT2D eigenvalue weighted by atomic mass is 9.72. The monoisotopic (exact) mass is 296 g/mol. The standard InChI is InChI=1S/C15H23O4P/c1-14(2,3)11-7-10(9-20(17,18)19)8-12(13(11)16)15(4,5)6/h7-9H,1-6H3,(H2,17,18,19)/p-2. The molecule has 1 aliphatic carbocycles. The Kier molecular flexibility index (Phi) is 4.36. The second kappa shape index (κ2) is 5.10. The van der Waals surface area contributed by atoms with Crippen LogP contribution in [-0.2, 0) is 9.36 Å². The van der Waals surface area contributed by atoms with Crippen LogP contribution in [0.2, 0.25) is 0 Å². The van der Waals surface area contributed by atoms with E-state index in [-0.39, 0.29) is 11.4 Å². The molecule has 0 aliphatic heterocycles. The predicted octanol–water partition coefficient (Wildman–Crippen LogP) is 2.31. The van der Waals surface area contributed by atoms with Gasteiger partial charge in [0.2, 0.25) is 0 Å². The maximum Gasteiger partial charge on any atom is 0.186 e. The second-order valence-corrected chi connectivity index (χ2v) is 8.45. The quantitative estimate of drug-likeness (QED) is 0.695. The number of carbonyl (C=O) groups excluding carboxylic acids is 1. The third kappa shape index (κ3) is 4.27. The van der Waals surface area contributed by atoms with Crippen molar-refractivity contribution in [1.29, 1.82) is 0 Å². The van der Waals surface area contributed by atoms with Crippen LogP contribution in [0, 0.1) is 10.8 Å². The molecule has 0 amide bonds. The normalized spacial score (nSPS) is 17.8. The van der Waals surface area contributed by atoms with Gasteiger partial charge in [-0.05, 0) is 42.0 Å². The van der Waals surface area contributed by atoms with Crippen molar-refractivity contribution in [1.82, 2.24) is 0 Å². The van der Waals surface area contributed by atoms with E-state index in [4.69, 9.17) is 0 Å². The van der Waals surface area contributed by atoms with Gasteiger partial charge in [0.1, 0.15) is 0 Å². The maximum absolute atomic E-state index is 12.5. The highest BCUT2D eigenvalue weighted by Crippen LogP contribution is 2.40. The van der Waals surface area contributed by atoms with E-state index in [2.05, 4.69) is 0 Å². The van der Waals surface area contributed by atoms with Gasteiger partial charge in [0, 0.05) is 11.1 Å². The van der Waals surface area contributed by atoms with Crippen LogP contribution in [0.4, 0.5) is 0 Å². The lowest BCUT2D eigenvalue weighted by molar-refractivity contribution is -0.308. The van der Waals surface area contributed by atoms with Gasteiger partial charge in [-0.2, -0.15) is 0 Å². The minimum atomic E-state index is -4.77. The largest absolute Gasteiger partial charge is 0.808 e. The molecule has 0 heterocycles. The zero-order chi connectivity index (χ0) is 15.9. The van der Waals surface area contributed by atoms with Gasteiger partial charge in [-0.25, -0.2) is 0 Å². The van der Waals surface area contributed by atoms with Gasteiger partial charge < -0.3 is 14.4 Å². The fourth-order valence-electron chi connectivity index (χ4n) is 2.02. The summed E-state index contributed by atoms with van der Waals surface area (Å²) in [7, 11) is -4.77. The third-order valence-corrected chi connectivity index (χ3v) is 3.65. The highest BCUT2D eigenvalue weighted by atomic mass is 31.2. The Morgan fingerprint density at radius 2 is 1.30 bits per heavy atom. The maximum atomic E-state index is 12.5. The number of ketones is 1. The fourth-order valence-corrected chi connectivity index (χ4v) is 2.54. The van der Waals surface area contributed by atoms with Gasteiger partial charge >= 0.3 is 0 Å². The van der Waals surface area contributed by atoms with E-state index in [1.54, 1.807) is 0 Å². The highest BCUT2D eigenvalue weighted by Gasteiger charge is 2.33. The molecule has 0 bridgehead atoms. The zero-order valence-corrected chi connectivity index (χ0v) is 13.7. The Morgan fingerprint density at radius 1 is 0.950 bits per heavy atom. The molecule has 0 saturated heterocycles. The minimum absolute atomic E-state index is 0.0891. The smallest absolute Gasteiger partial charge is 0.186 e. The van der Waals surface area contributed by atoms with Crippen LogP contribution in [0.3, 0.4) is 0 Å². The zero-order valence-electron chi connectivity index (χ0n) is 12.8. The summed E-state index contributed by atoms with van der Waals surface area (Å²) >= 11 is 0. The molecule has 112 valence electrons. The first-order chi connectivity index (χ1) is 8.72. The topological polar surface area (TPSA) is 80.3 Å². The summed E-state index contributed by atoms with van der Waals surface area (Å²) < 4.78 is 10.9. The van der Waals surface area contributed by atoms with E-state index in [1.807, 2.05) is 41.5 Å². The molecule has 0 atom stereocenters. The van der Waals surface area contributed by atoms with Gasteiger partial charge in [0.15, 0.2) is 5.78 Å². The molecule has 4 nitrogen and oxygen atoms in total. The molecule has 0 radical (unpaired) electrons. The van der Waals surface area contributed by atoms with E-state index in [0.29, 0.717) is 17.0 Å². The van der Waals surface area contributed by atoms with Crippen molar-refractivity contribution >= 4 is 13.4 Å². The van der Waals surface area contributed by atoms with Crippen molar-refractivity contribution in [2.75, 3.05) is 0 Å². The van der Waals surface area contributed by atoms with Crippen LogP contribution in [0.25, 0.3) is 0 Å². The average Bonchev–Trinajstić information content (AvgIpc) is 2.14. The molecule has 0 spiro atoms. The first-order valence-corrected chi connectivity index (χ1v) is 8.07. The molecule has 0 aromatic rings. The van der Waals surface area contributed by atoms with Crippen molar-refractivity contribution in [2.24, 2.45) is 10.8 Å². The summed E-state index contributed by atoms with van der Waals surface area (Å²) in [6, 6.07) is 0. The molecule has 1 rings (SSSR count). The molecule has 0 aromatic carbocycles. The molecule has 0 aromatic heterocycles. The molecule has 0 fully saturated rings. The highest BCUT2D eigenvalue weighted by molar-refractivity contribution is 7.52. The summed E-state index contributed by atoms with van der Waals surface area (Å²) in [5.41, 5.74) is 0.468. The molecule has 1 aliphatic rings. The summed E-state index contributed by atoms with van der Waals surface area (Å²) in [6.45, 7) is 11.3. The van der Waals surface area contributed by atoms with Crippen molar-refractivity contribution < 1.29 is 19.1 Å². The van der Waals surface area contributed by atoms with Crippen molar-refractivity contribution in [3.8, 4) is 0 Å². The lowest BCUT2D eigenvalue weighted by Crippen LogP contribution is -2.28. The number of Topliss-reactive ketones (excluding diaryl/α,β-unsaturated/α-hetero) is 1. The minimum Gasteiger partial charge on any atom is -0.808 e. The molecular formula is C15H21O4P-2. The Morgan fingerprint density at radius 3 is 1.55 bits per heavy atom. The van der Waals surface area contributed by atoms with Crippen LogP contribution in [0.1, 0.15) is 41.5 Å². The first kappa shape index (κ1) is 17.1. The van der Waals surface area contributed by atoms with Crippen LogP contribution in [0.15, 0.2) is 34.7 Å². The Bertz CT molecular complexity index is 524. The fraction of sp³-hybridized carbons (Fsp3) is 0.533. The van der Waals surface area contributed by atoms with Crippen molar-refractivity contribution in [2.45, 2.75) is 41.5 Å². The summed E-state index contributed by atoms with van der Waals surface area (Å²) in [5, 5.41) is 0. The Balaban J connectivity index is 3.50. The Hall–Kier alpha value is -0.960. The lowest BCUT2D eigenvalue weighted by Gasteiger charge is -2.32. The van der Waals surface area contributed by atoms with Gasteiger partial charge in [0.05, 0.1) is 0 Å². The van der Waals surface area contributed by atoms with Crippen LogP contribution in [-0.4, -0.2) is 5.78 Å². The number of hydrogen-bond acceptors (Lipinski definition) is 4. The van der Waals surface area contributed by atoms with Crippen molar-refractivity contribution in [3.05, 3.63) is 34.7 Å². The van der Waals surface area contributed by atoms with Gasteiger partial charge in [-0.15, -0.1) is 0 Å². The number of hydrogen-bond donors (Lipinski definition) is 0. The molecule has 0 unspecified atom stereocenters. The predicted molar refractivity (Wildman–Crippen MR) is 75.8 cm³/mol. The SMILES string of the molecule is CC(C)(C)C1=CC(=CP(=O)([O-])[O-])C=C(C(C)(C)C)C1=O. The molecule has 0 N–H and O–H groups in total. The third-order valence-electron chi connectivity index (χ3n) is 3.03. The number of rotatable bonds is 1. The van der Waals surface area contributed by atoms with Gasteiger partial charge in [0.25, 0.3) is 0 Å².